The van der Waals surface area contributed by atoms with Gasteiger partial charge in [0.05, 0.1) is 5.92 Å². The molecule has 0 unspecified atom stereocenters. The average molecular weight is 280 g/mol. The Labute approximate surface area is 119 Å². The molecule has 0 bridgehead atoms. The number of carbonyl (C=O) groups excluding carboxylic acids is 1. The van der Waals surface area contributed by atoms with Gasteiger partial charge in [0.2, 0.25) is 5.91 Å². The zero-order chi connectivity index (χ0) is 14.5. The molecule has 1 aromatic heterocycles. The van der Waals surface area contributed by atoms with Gasteiger partial charge in [-0.2, -0.15) is 0 Å². The topological polar surface area (TPSA) is 73.4 Å². The smallest absolute Gasteiger partial charge is 0.228 e. The van der Waals surface area contributed by atoms with Crippen molar-refractivity contribution in [2.45, 2.75) is 32.4 Å². The molecule has 1 amide bonds. The first-order chi connectivity index (χ1) is 9.69. The molecule has 1 aliphatic heterocycles. The SMILES string of the molecule is CCn1ccnc1[C@@H]1OCC[C@H]1C(=O)N(C)CCCN. The molecule has 0 radical (unpaired) electrons. The Balaban J connectivity index is 2.09. The van der Waals surface area contributed by atoms with Crippen LogP contribution in [0, 0.1) is 5.92 Å². The molecular formula is C14H24N4O2. The summed E-state index contributed by atoms with van der Waals surface area (Å²) in [7, 11) is 1.83. The van der Waals surface area contributed by atoms with Gasteiger partial charge in [0.25, 0.3) is 0 Å². The van der Waals surface area contributed by atoms with Crippen molar-refractivity contribution in [1.82, 2.24) is 14.5 Å². The minimum atomic E-state index is -0.224. The van der Waals surface area contributed by atoms with Crippen molar-refractivity contribution in [1.29, 1.82) is 0 Å². The number of imidazole rings is 1. The summed E-state index contributed by atoms with van der Waals surface area (Å²) in [6.07, 6.45) is 5.05. The highest BCUT2D eigenvalue weighted by Gasteiger charge is 2.38. The second kappa shape index (κ2) is 6.85. The first kappa shape index (κ1) is 15.0. The highest BCUT2D eigenvalue weighted by atomic mass is 16.5. The molecule has 2 N–H and O–H groups in total. The Morgan fingerprint density at radius 3 is 3.15 bits per heavy atom. The highest BCUT2D eigenvalue weighted by molar-refractivity contribution is 5.79. The van der Waals surface area contributed by atoms with E-state index in [1.54, 1.807) is 11.1 Å². The summed E-state index contributed by atoms with van der Waals surface area (Å²) in [6, 6.07) is 0. The van der Waals surface area contributed by atoms with Crippen LogP contribution >= 0.6 is 0 Å². The second-order valence-corrected chi connectivity index (χ2v) is 5.16. The lowest BCUT2D eigenvalue weighted by Crippen LogP contribution is -2.36. The van der Waals surface area contributed by atoms with Crippen LogP contribution in [-0.4, -0.2) is 47.1 Å². The van der Waals surface area contributed by atoms with Gasteiger partial charge in [-0.15, -0.1) is 0 Å². The highest BCUT2D eigenvalue weighted by Crippen LogP contribution is 2.34. The van der Waals surface area contributed by atoms with Crippen LogP contribution in [0.25, 0.3) is 0 Å². The molecular weight excluding hydrogens is 256 g/mol. The van der Waals surface area contributed by atoms with Gasteiger partial charge in [0.15, 0.2) is 0 Å². The fourth-order valence-corrected chi connectivity index (χ4v) is 2.66. The lowest BCUT2D eigenvalue weighted by Gasteiger charge is -2.24. The number of aryl methyl sites for hydroxylation is 1. The monoisotopic (exact) mass is 280 g/mol. The van der Waals surface area contributed by atoms with E-state index in [4.69, 9.17) is 10.5 Å². The third-order valence-electron chi connectivity index (χ3n) is 3.83. The van der Waals surface area contributed by atoms with E-state index >= 15 is 0 Å². The van der Waals surface area contributed by atoms with E-state index in [0.717, 1.165) is 25.2 Å². The van der Waals surface area contributed by atoms with Crippen LogP contribution < -0.4 is 5.73 Å². The van der Waals surface area contributed by atoms with E-state index in [1.165, 1.54) is 0 Å². The van der Waals surface area contributed by atoms with Crippen molar-refractivity contribution in [2.24, 2.45) is 11.7 Å². The Morgan fingerprint density at radius 2 is 2.45 bits per heavy atom. The molecule has 0 spiro atoms. The number of hydrogen-bond donors (Lipinski definition) is 1. The molecule has 20 heavy (non-hydrogen) atoms. The van der Waals surface area contributed by atoms with Crippen molar-refractivity contribution in [3.05, 3.63) is 18.2 Å². The zero-order valence-electron chi connectivity index (χ0n) is 12.3. The zero-order valence-corrected chi connectivity index (χ0v) is 12.3. The Morgan fingerprint density at radius 1 is 1.65 bits per heavy atom. The lowest BCUT2D eigenvalue weighted by molar-refractivity contribution is -0.136. The molecule has 2 heterocycles. The van der Waals surface area contributed by atoms with Crippen molar-refractivity contribution in [3.63, 3.8) is 0 Å². The second-order valence-electron chi connectivity index (χ2n) is 5.16. The number of hydrogen-bond acceptors (Lipinski definition) is 4. The van der Waals surface area contributed by atoms with E-state index in [9.17, 15) is 4.79 Å². The predicted molar refractivity (Wildman–Crippen MR) is 76.0 cm³/mol. The number of ether oxygens (including phenoxy) is 1. The minimum Gasteiger partial charge on any atom is -0.369 e. The molecule has 1 fully saturated rings. The van der Waals surface area contributed by atoms with Gasteiger partial charge in [-0.3, -0.25) is 4.79 Å². The molecule has 1 aliphatic rings. The van der Waals surface area contributed by atoms with E-state index in [2.05, 4.69) is 11.9 Å². The molecule has 0 aromatic carbocycles. The van der Waals surface area contributed by atoms with Gasteiger partial charge < -0.3 is 19.9 Å². The summed E-state index contributed by atoms with van der Waals surface area (Å²) in [5.74, 6) is 0.854. The Hall–Kier alpha value is -1.40. The number of rotatable bonds is 6. The average Bonchev–Trinajstić information content (AvgIpc) is 3.10. The predicted octanol–water partition coefficient (Wildman–Crippen LogP) is 0.788. The van der Waals surface area contributed by atoms with Gasteiger partial charge in [0.1, 0.15) is 11.9 Å². The number of nitrogens with two attached hydrogens (primary N) is 1. The van der Waals surface area contributed by atoms with Crippen LogP contribution in [0.4, 0.5) is 0 Å². The first-order valence-electron chi connectivity index (χ1n) is 7.26. The maximum absolute atomic E-state index is 12.5. The first-order valence-corrected chi connectivity index (χ1v) is 7.26. The van der Waals surface area contributed by atoms with Crippen LogP contribution in [0.2, 0.25) is 0 Å². The number of aromatic nitrogens is 2. The molecule has 6 heteroatoms. The summed E-state index contributed by atoms with van der Waals surface area (Å²) < 4.78 is 7.81. The summed E-state index contributed by atoms with van der Waals surface area (Å²) >= 11 is 0. The Kier molecular flexibility index (Phi) is 5.14. The normalized spacial score (nSPS) is 22.1. The standard InChI is InChI=1S/C14H24N4O2/c1-3-18-9-7-16-13(18)12-11(5-10-20-12)14(19)17(2)8-4-6-15/h7,9,11-12H,3-6,8,10,15H2,1-2H3/t11-,12-/m1/s1. The third-order valence-corrected chi connectivity index (χ3v) is 3.83. The maximum Gasteiger partial charge on any atom is 0.228 e. The van der Waals surface area contributed by atoms with Crippen LogP contribution in [-0.2, 0) is 16.1 Å². The molecule has 112 valence electrons. The number of carbonyl (C=O) groups is 1. The minimum absolute atomic E-state index is 0.131. The van der Waals surface area contributed by atoms with Gasteiger partial charge in [0, 0.05) is 39.1 Å². The lowest BCUT2D eigenvalue weighted by atomic mass is 9.99. The van der Waals surface area contributed by atoms with Gasteiger partial charge in [-0.05, 0) is 26.3 Å². The fourth-order valence-electron chi connectivity index (χ4n) is 2.66. The van der Waals surface area contributed by atoms with Crippen LogP contribution in [0.15, 0.2) is 12.4 Å². The van der Waals surface area contributed by atoms with E-state index in [1.807, 2.05) is 17.8 Å². The Bertz CT molecular complexity index is 446. The van der Waals surface area contributed by atoms with Crippen molar-refractivity contribution in [3.8, 4) is 0 Å². The van der Waals surface area contributed by atoms with Crippen LogP contribution in [0.3, 0.4) is 0 Å². The molecule has 2 atom stereocenters. The maximum atomic E-state index is 12.5. The number of amides is 1. The van der Waals surface area contributed by atoms with Crippen molar-refractivity contribution < 1.29 is 9.53 Å². The van der Waals surface area contributed by atoms with Gasteiger partial charge in [-0.25, -0.2) is 4.98 Å². The summed E-state index contributed by atoms with van der Waals surface area (Å²) in [4.78, 5) is 18.7. The molecule has 1 saturated heterocycles. The quantitative estimate of drug-likeness (QED) is 0.836. The van der Waals surface area contributed by atoms with E-state index in [0.29, 0.717) is 19.7 Å². The summed E-state index contributed by atoms with van der Waals surface area (Å²) in [5, 5.41) is 0. The largest absolute Gasteiger partial charge is 0.369 e. The number of nitrogens with zero attached hydrogens (tertiary/aromatic N) is 3. The van der Waals surface area contributed by atoms with Crippen LogP contribution in [0.5, 0.6) is 0 Å². The fraction of sp³-hybridized carbons (Fsp3) is 0.714. The molecule has 2 rings (SSSR count). The third kappa shape index (κ3) is 3.02. The summed E-state index contributed by atoms with van der Waals surface area (Å²) in [6.45, 7) is 4.80. The molecule has 0 saturated carbocycles. The molecule has 6 nitrogen and oxygen atoms in total. The summed E-state index contributed by atoms with van der Waals surface area (Å²) in [5.41, 5.74) is 5.50. The van der Waals surface area contributed by atoms with Crippen molar-refractivity contribution >= 4 is 5.91 Å². The van der Waals surface area contributed by atoms with Gasteiger partial charge in [-0.1, -0.05) is 0 Å². The van der Waals surface area contributed by atoms with Gasteiger partial charge >= 0.3 is 0 Å². The van der Waals surface area contributed by atoms with E-state index < -0.39 is 0 Å². The van der Waals surface area contributed by atoms with E-state index in [-0.39, 0.29) is 17.9 Å². The van der Waals surface area contributed by atoms with Crippen molar-refractivity contribution in [2.75, 3.05) is 26.7 Å². The van der Waals surface area contributed by atoms with Crippen LogP contribution in [0.1, 0.15) is 31.7 Å². The molecule has 0 aliphatic carbocycles. The molecule has 1 aromatic rings.